The molecular weight excluding hydrogens is 338 g/mol. The van der Waals surface area contributed by atoms with Crippen LogP contribution in [0.3, 0.4) is 0 Å². The Bertz CT molecular complexity index is 890. The van der Waals surface area contributed by atoms with Crippen molar-refractivity contribution in [3.8, 4) is 0 Å². The second-order valence-corrected chi connectivity index (χ2v) is 8.35. The summed E-state index contributed by atoms with van der Waals surface area (Å²) in [7, 11) is -3.77. The Morgan fingerprint density at radius 1 is 1.08 bits per heavy atom. The molecule has 2 atom stereocenters. The summed E-state index contributed by atoms with van der Waals surface area (Å²) in [6.45, 7) is 3.97. The molecule has 1 N–H and O–H groups in total. The third kappa shape index (κ3) is 3.19. The van der Waals surface area contributed by atoms with Gasteiger partial charge in [-0.1, -0.05) is 42.0 Å². The second-order valence-electron chi connectivity index (χ2n) is 6.46. The summed E-state index contributed by atoms with van der Waals surface area (Å²) in [4.78, 5) is 11.9. The van der Waals surface area contributed by atoms with Gasteiger partial charge in [-0.3, -0.25) is 4.79 Å². The molecule has 0 amide bonds. The number of benzene rings is 2. The summed E-state index contributed by atoms with van der Waals surface area (Å²) in [6, 6.07) is 13.3. The van der Waals surface area contributed by atoms with Crippen LogP contribution in [0, 0.1) is 19.8 Å². The molecule has 5 nitrogen and oxygen atoms in total. The van der Waals surface area contributed by atoms with E-state index in [2.05, 4.69) is 0 Å². The molecule has 1 aliphatic rings. The number of sulfonamides is 1. The monoisotopic (exact) mass is 359 g/mol. The van der Waals surface area contributed by atoms with Crippen LogP contribution in [0.15, 0.2) is 53.4 Å². The maximum absolute atomic E-state index is 13.1. The lowest BCUT2D eigenvalue weighted by Crippen LogP contribution is -2.34. The van der Waals surface area contributed by atoms with Gasteiger partial charge in [-0.05, 0) is 43.5 Å². The van der Waals surface area contributed by atoms with Crippen molar-refractivity contribution in [3.63, 3.8) is 0 Å². The van der Waals surface area contributed by atoms with E-state index in [4.69, 9.17) is 0 Å². The first kappa shape index (κ1) is 17.6. The molecule has 0 spiro atoms. The number of hydrogen-bond donors (Lipinski definition) is 1. The van der Waals surface area contributed by atoms with Crippen molar-refractivity contribution in [2.75, 3.05) is 6.54 Å². The average Bonchev–Trinajstić information content (AvgIpc) is 3.01. The molecule has 0 unspecified atom stereocenters. The fourth-order valence-corrected chi connectivity index (χ4v) is 5.08. The second kappa shape index (κ2) is 6.61. The summed E-state index contributed by atoms with van der Waals surface area (Å²) in [5.74, 6) is -1.71. The van der Waals surface area contributed by atoms with E-state index in [0.29, 0.717) is 6.42 Å². The minimum atomic E-state index is -3.77. The number of carbonyl (C=O) groups is 1. The minimum Gasteiger partial charge on any atom is -0.481 e. The molecule has 2 aromatic carbocycles. The normalized spacial score (nSPS) is 21.4. The van der Waals surface area contributed by atoms with Gasteiger partial charge in [0.15, 0.2) is 0 Å². The van der Waals surface area contributed by atoms with Gasteiger partial charge in [0.25, 0.3) is 0 Å². The van der Waals surface area contributed by atoms with Crippen LogP contribution in [0.25, 0.3) is 0 Å². The van der Waals surface area contributed by atoms with E-state index in [1.54, 1.807) is 24.3 Å². The molecule has 3 rings (SSSR count). The topological polar surface area (TPSA) is 74.7 Å². The number of nitrogens with zero attached hydrogens (tertiary/aromatic N) is 1. The van der Waals surface area contributed by atoms with E-state index in [-0.39, 0.29) is 11.4 Å². The summed E-state index contributed by atoms with van der Waals surface area (Å²) in [5, 5.41) is 9.60. The summed E-state index contributed by atoms with van der Waals surface area (Å²) >= 11 is 0. The zero-order chi connectivity index (χ0) is 18.2. The summed E-state index contributed by atoms with van der Waals surface area (Å²) in [5.41, 5.74) is 2.62. The van der Waals surface area contributed by atoms with Crippen molar-refractivity contribution in [1.29, 1.82) is 0 Å². The van der Waals surface area contributed by atoms with Gasteiger partial charge in [-0.2, -0.15) is 4.31 Å². The lowest BCUT2D eigenvalue weighted by Gasteiger charge is -2.28. The van der Waals surface area contributed by atoms with E-state index >= 15 is 0 Å². The van der Waals surface area contributed by atoms with Gasteiger partial charge in [0.05, 0.1) is 16.9 Å². The molecule has 0 radical (unpaired) electrons. The maximum Gasteiger partial charge on any atom is 0.308 e. The van der Waals surface area contributed by atoms with E-state index in [0.717, 1.165) is 16.7 Å². The number of aryl methyl sites for hydroxylation is 2. The van der Waals surface area contributed by atoms with E-state index in [9.17, 15) is 18.3 Å². The summed E-state index contributed by atoms with van der Waals surface area (Å²) < 4.78 is 27.6. The van der Waals surface area contributed by atoms with E-state index < -0.39 is 28.0 Å². The van der Waals surface area contributed by atoms with Gasteiger partial charge in [-0.15, -0.1) is 0 Å². The number of rotatable bonds is 4. The number of hydrogen-bond acceptors (Lipinski definition) is 3. The molecule has 0 aliphatic carbocycles. The smallest absolute Gasteiger partial charge is 0.308 e. The zero-order valence-electron chi connectivity index (χ0n) is 14.2. The molecule has 132 valence electrons. The Kier molecular flexibility index (Phi) is 4.67. The largest absolute Gasteiger partial charge is 0.481 e. The van der Waals surface area contributed by atoms with Crippen LogP contribution < -0.4 is 0 Å². The van der Waals surface area contributed by atoms with Crippen molar-refractivity contribution in [3.05, 3.63) is 65.2 Å². The summed E-state index contributed by atoms with van der Waals surface area (Å²) in [6.07, 6.45) is 0.305. The number of aliphatic carboxylic acids is 1. The van der Waals surface area contributed by atoms with Crippen molar-refractivity contribution >= 4 is 16.0 Å². The van der Waals surface area contributed by atoms with Crippen molar-refractivity contribution in [2.45, 2.75) is 31.2 Å². The first-order valence-electron chi connectivity index (χ1n) is 8.19. The van der Waals surface area contributed by atoms with Crippen LogP contribution in [0.4, 0.5) is 0 Å². The quantitative estimate of drug-likeness (QED) is 0.910. The van der Waals surface area contributed by atoms with E-state index in [1.807, 2.05) is 38.1 Å². The minimum absolute atomic E-state index is 0.197. The Labute approximate surface area is 148 Å². The van der Waals surface area contributed by atoms with Crippen molar-refractivity contribution in [1.82, 2.24) is 4.31 Å². The highest BCUT2D eigenvalue weighted by Gasteiger charge is 2.46. The van der Waals surface area contributed by atoms with E-state index in [1.165, 1.54) is 4.31 Å². The van der Waals surface area contributed by atoms with Crippen LogP contribution in [0.5, 0.6) is 0 Å². The molecule has 6 heteroatoms. The molecular formula is C19H21NO4S. The molecule has 1 saturated heterocycles. The predicted molar refractivity (Wildman–Crippen MR) is 94.7 cm³/mol. The fraction of sp³-hybridized carbons (Fsp3) is 0.316. The molecule has 2 aromatic rings. The molecule has 1 fully saturated rings. The Morgan fingerprint density at radius 2 is 1.72 bits per heavy atom. The zero-order valence-corrected chi connectivity index (χ0v) is 15.0. The third-order valence-electron chi connectivity index (χ3n) is 4.80. The van der Waals surface area contributed by atoms with Crippen molar-refractivity contribution in [2.24, 2.45) is 5.92 Å². The van der Waals surface area contributed by atoms with Gasteiger partial charge in [0.1, 0.15) is 0 Å². The Morgan fingerprint density at radius 3 is 2.32 bits per heavy atom. The van der Waals surface area contributed by atoms with Gasteiger partial charge in [0, 0.05) is 6.54 Å². The average molecular weight is 359 g/mol. The lowest BCUT2D eigenvalue weighted by molar-refractivity contribution is -0.142. The van der Waals surface area contributed by atoms with Crippen LogP contribution in [-0.4, -0.2) is 30.3 Å². The number of carboxylic acid groups (broad SMARTS) is 1. The van der Waals surface area contributed by atoms with Crippen LogP contribution >= 0.6 is 0 Å². The SMILES string of the molecule is Cc1ccc(S(=O)(=O)N2CC[C@@H](C(=O)O)[C@@H]2c2ccccc2C)cc1. The predicted octanol–water partition coefficient (Wildman–Crippen LogP) is 3.14. The highest BCUT2D eigenvalue weighted by atomic mass is 32.2. The van der Waals surface area contributed by atoms with Gasteiger partial charge in [0.2, 0.25) is 10.0 Å². The standard InChI is InChI=1S/C19H21NO4S/c1-13-7-9-15(10-8-13)25(23,24)20-12-11-17(19(21)22)18(20)16-6-4-3-5-14(16)2/h3-10,17-18H,11-12H2,1-2H3,(H,21,22)/t17-,18+/m1/s1. The van der Waals surface area contributed by atoms with Gasteiger partial charge in [-0.25, -0.2) is 8.42 Å². The maximum atomic E-state index is 13.1. The third-order valence-corrected chi connectivity index (χ3v) is 6.70. The Balaban J connectivity index is 2.09. The fourth-order valence-electron chi connectivity index (χ4n) is 3.43. The first-order valence-corrected chi connectivity index (χ1v) is 9.63. The molecule has 0 bridgehead atoms. The highest BCUT2D eigenvalue weighted by Crippen LogP contribution is 2.42. The molecule has 0 saturated carbocycles. The van der Waals surface area contributed by atoms with Crippen LogP contribution in [-0.2, 0) is 14.8 Å². The van der Waals surface area contributed by atoms with Gasteiger partial charge < -0.3 is 5.11 Å². The van der Waals surface area contributed by atoms with Crippen molar-refractivity contribution < 1.29 is 18.3 Å². The van der Waals surface area contributed by atoms with Gasteiger partial charge >= 0.3 is 5.97 Å². The van der Waals surface area contributed by atoms with Crippen LogP contribution in [0.1, 0.15) is 29.2 Å². The lowest BCUT2D eigenvalue weighted by atomic mass is 9.91. The van der Waals surface area contributed by atoms with Crippen LogP contribution in [0.2, 0.25) is 0 Å². The molecule has 1 heterocycles. The molecule has 1 aliphatic heterocycles. The Hall–Kier alpha value is -2.18. The first-order chi connectivity index (χ1) is 11.8. The molecule has 0 aromatic heterocycles. The molecule has 25 heavy (non-hydrogen) atoms. The highest BCUT2D eigenvalue weighted by molar-refractivity contribution is 7.89. The number of carboxylic acids is 1.